The molecule has 7 rings (SSSR count). The van der Waals surface area contributed by atoms with Gasteiger partial charge in [-0.3, -0.25) is 9.89 Å². The van der Waals surface area contributed by atoms with Gasteiger partial charge in [-0.15, -0.1) is 0 Å². The van der Waals surface area contributed by atoms with Gasteiger partial charge in [0.2, 0.25) is 0 Å². The van der Waals surface area contributed by atoms with Gasteiger partial charge < -0.3 is 5.11 Å². The normalized spacial score (nSPS) is 38.2. The summed E-state index contributed by atoms with van der Waals surface area (Å²) in [7, 11) is 0. The van der Waals surface area contributed by atoms with Crippen LogP contribution in [0.2, 0.25) is 0 Å². The Balaban J connectivity index is 1.13. The average Bonchev–Trinajstić information content (AvgIpc) is 3.15. The van der Waals surface area contributed by atoms with Crippen LogP contribution < -0.4 is 0 Å². The van der Waals surface area contributed by atoms with Gasteiger partial charge in [-0.2, -0.15) is 0 Å². The molecular weight excluding hydrogens is 634 g/mol. The second-order valence-electron chi connectivity index (χ2n) is 11.0. The maximum absolute atomic E-state index is 11.4. The monoisotopic (exact) mass is 668 g/mol. The molecule has 0 aromatic rings. The summed E-state index contributed by atoms with van der Waals surface area (Å²) in [6.07, 6.45) is 17.7. The highest BCUT2D eigenvalue weighted by atomic mass is 127. The van der Waals surface area contributed by atoms with Crippen LogP contribution in [0.5, 0.6) is 0 Å². The fourth-order valence-electron chi connectivity index (χ4n) is 7.01. The number of aliphatic imine (C=N–C) groups is 1. The molecular formula is C28H34I2N2O. The fourth-order valence-corrected chi connectivity index (χ4v) is 9.91. The van der Waals surface area contributed by atoms with Gasteiger partial charge in [-0.05, 0) is 84.6 Å². The molecule has 33 heavy (non-hydrogen) atoms. The molecule has 7 aliphatic rings. The van der Waals surface area contributed by atoms with Crippen molar-refractivity contribution in [2.24, 2.45) is 28.7 Å². The Bertz CT molecular complexity index is 1020. The lowest BCUT2D eigenvalue weighted by Gasteiger charge is -2.60. The molecule has 4 fully saturated rings. The molecule has 1 heterocycles. The topological polar surface area (TPSA) is 35.8 Å². The number of hydrogen-bond acceptors (Lipinski definition) is 3. The molecule has 1 aliphatic heterocycles. The van der Waals surface area contributed by atoms with Crippen molar-refractivity contribution in [2.75, 3.05) is 19.6 Å². The lowest BCUT2D eigenvalue weighted by atomic mass is 9.44. The molecule has 0 aromatic carbocycles. The van der Waals surface area contributed by atoms with E-state index in [0.717, 1.165) is 53.8 Å². The second-order valence-corrected chi connectivity index (χ2v) is 14.1. The third-order valence-electron chi connectivity index (χ3n) is 8.81. The van der Waals surface area contributed by atoms with Gasteiger partial charge in [-0.1, -0.05) is 63.1 Å². The van der Waals surface area contributed by atoms with Crippen LogP contribution in [0.3, 0.4) is 0 Å². The SMILES string of the molecule is CC1=CC(CN2CCCC2CN=CC2C=C(I)CC(I)C2)=C(O)C(C2=C3C4CC3C4=CC2)C1. The maximum Gasteiger partial charge on any atom is 0.104 e. The summed E-state index contributed by atoms with van der Waals surface area (Å²) in [6, 6.07) is 0.499. The Morgan fingerprint density at radius 2 is 2.06 bits per heavy atom. The zero-order chi connectivity index (χ0) is 22.7. The smallest absolute Gasteiger partial charge is 0.104 e. The lowest BCUT2D eigenvalue weighted by Crippen LogP contribution is -2.49. The Morgan fingerprint density at radius 3 is 2.82 bits per heavy atom. The van der Waals surface area contributed by atoms with Crippen molar-refractivity contribution in [3.63, 3.8) is 0 Å². The van der Waals surface area contributed by atoms with E-state index in [4.69, 9.17) is 4.99 Å². The average molecular weight is 668 g/mol. The fraction of sp³-hybridized carbons (Fsp3) is 0.607. The van der Waals surface area contributed by atoms with Crippen LogP contribution in [0, 0.1) is 23.7 Å². The molecule has 6 unspecified atom stereocenters. The largest absolute Gasteiger partial charge is 0.511 e. The van der Waals surface area contributed by atoms with Gasteiger partial charge in [0, 0.05) is 52.0 Å². The molecule has 4 bridgehead atoms. The van der Waals surface area contributed by atoms with E-state index in [-0.39, 0.29) is 5.92 Å². The number of nitrogens with zero attached hydrogens (tertiary/aromatic N) is 2. The third kappa shape index (κ3) is 4.26. The van der Waals surface area contributed by atoms with E-state index in [1.165, 1.54) is 41.3 Å². The van der Waals surface area contributed by atoms with E-state index >= 15 is 0 Å². The van der Waals surface area contributed by atoms with Crippen LogP contribution >= 0.6 is 45.2 Å². The van der Waals surface area contributed by atoms with Crippen LogP contribution in [0.15, 0.2) is 60.4 Å². The Labute approximate surface area is 225 Å². The van der Waals surface area contributed by atoms with E-state index in [0.29, 0.717) is 17.7 Å². The number of aliphatic hydroxyl groups excluding tert-OH is 1. The minimum atomic E-state index is 0.226. The van der Waals surface area contributed by atoms with Crippen molar-refractivity contribution in [2.45, 2.75) is 61.8 Å². The highest BCUT2D eigenvalue weighted by molar-refractivity contribution is 14.1. The van der Waals surface area contributed by atoms with Crippen LogP contribution in [-0.4, -0.2) is 45.8 Å². The quantitative estimate of drug-likeness (QED) is 0.142. The maximum atomic E-state index is 11.4. The summed E-state index contributed by atoms with van der Waals surface area (Å²) in [6.45, 7) is 5.13. The van der Waals surface area contributed by atoms with E-state index in [1.54, 1.807) is 16.7 Å². The first-order chi connectivity index (χ1) is 16.0. The van der Waals surface area contributed by atoms with Crippen molar-refractivity contribution < 1.29 is 5.11 Å². The molecule has 176 valence electrons. The Kier molecular flexibility index (Phi) is 6.44. The molecule has 3 saturated carbocycles. The van der Waals surface area contributed by atoms with Crippen molar-refractivity contribution >= 4 is 51.4 Å². The van der Waals surface area contributed by atoms with Crippen molar-refractivity contribution in [1.29, 1.82) is 0 Å². The van der Waals surface area contributed by atoms with E-state index in [1.807, 2.05) is 0 Å². The van der Waals surface area contributed by atoms with E-state index in [9.17, 15) is 5.11 Å². The molecule has 1 N–H and O–H groups in total. The summed E-state index contributed by atoms with van der Waals surface area (Å²) in [5, 5.41) is 11.4. The predicted octanol–water partition coefficient (Wildman–Crippen LogP) is 7.11. The zero-order valence-electron chi connectivity index (χ0n) is 19.4. The van der Waals surface area contributed by atoms with Gasteiger partial charge in [0.15, 0.2) is 0 Å². The molecule has 0 aromatic heterocycles. The summed E-state index contributed by atoms with van der Waals surface area (Å²) in [5.74, 6) is 2.90. The van der Waals surface area contributed by atoms with Crippen LogP contribution in [0.1, 0.15) is 51.9 Å². The number of allylic oxidation sites excluding steroid dienone is 7. The first kappa shape index (κ1) is 23.0. The molecule has 0 amide bonds. The number of likely N-dealkylation sites (tertiary alicyclic amines) is 1. The van der Waals surface area contributed by atoms with Crippen molar-refractivity contribution in [1.82, 2.24) is 4.90 Å². The minimum Gasteiger partial charge on any atom is -0.511 e. The molecule has 1 saturated heterocycles. The predicted molar refractivity (Wildman–Crippen MR) is 153 cm³/mol. The molecule has 3 nitrogen and oxygen atoms in total. The number of hydrogen-bond donors (Lipinski definition) is 1. The van der Waals surface area contributed by atoms with Crippen molar-refractivity contribution in [3.05, 3.63) is 55.4 Å². The van der Waals surface area contributed by atoms with E-state index < -0.39 is 0 Å². The highest BCUT2D eigenvalue weighted by Gasteiger charge is 2.56. The summed E-state index contributed by atoms with van der Waals surface area (Å²) < 4.78 is 2.21. The number of rotatable bonds is 6. The Hall–Kier alpha value is -0.410. The summed E-state index contributed by atoms with van der Waals surface area (Å²) in [5.41, 5.74) is 7.54. The number of alkyl halides is 1. The van der Waals surface area contributed by atoms with Gasteiger partial charge in [0.25, 0.3) is 0 Å². The third-order valence-corrected chi connectivity index (χ3v) is 10.6. The first-order valence-corrected chi connectivity index (χ1v) is 15.1. The van der Waals surface area contributed by atoms with Crippen LogP contribution in [-0.2, 0) is 0 Å². The highest BCUT2D eigenvalue weighted by Crippen LogP contribution is 2.67. The standard InChI is InChI=1S/C28H34I2N2O/c1-16-7-18(28(33)26(8-16)23-5-4-22-24-12-25(22)27(23)24)15-32-6-2-3-21(32)14-31-13-17-9-19(29)11-20(30)10-17/h4,7,9,13,17,20-21,24-26,33H,2-3,5-6,8,10-12,14-15H2,1H3. The summed E-state index contributed by atoms with van der Waals surface area (Å²) in [4.78, 5) is 7.49. The van der Waals surface area contributed by atoms with Gasteiger partial charge in [0.1, 0.15) is 5.76 Å². The number of aliphatic hydroxyl groups is 1. The number of halogens is 2. The second kappa shape index (κ2) is 9.23. The zero-order valence-corrected chi connectivity index (χ0v) is 23.8. The van der Waals surface area contributed by atoms with E-state index in [2.05, 4.69) is 81.4 Å². The first-order valence-electron chi connectivity index (χ1n) is 12.7. The van der Waals surface area contributed by atoms with Gasteiger partial charge in [0.05, 0.1) is 6.54 Å². The molecule has 6 atom stereocenters. The van der Waals surface area contributed by atoms with Crippen LogP contribution in [0.25, 0.3) is 0 Å². The lowest BCUT2D eigenvalue weighted by molar-refractivity contribution is 0.225. The minimum absolute atomic E-state index is 0.226. The molecule has 6 aliphatic carbocycles. The van der Waals surface area contributed by atoms with Crippen LogP contribution in [0.4, 0.5) is 0 Å². The molecule has 0 spiro atoms. The molecule has 0 radical (unpaired) electrons. The van der Waals surface area contributed by atoms with Gasteiger partial charge >= 0.3 is 0 Å². The Morgan fingerprint density at radius 1 is 1.21 bits per heavy atom. The van der Waals surface area contributed by atoms with Gasteiger partial charge in [-0.25, -0.2) is 0 Å². The van der Waals surface area contributed by atoms with Crippen molar-refractivity contribution in [3.8, 4) is 0 Å². The molecule has 5 heteroatoms. The summed E-state index contributed by atoms with van der Waals surface area (Å²) >= 11 is 5.07.